The predicted octanol–water partition coefficient (Wildman–Crippen LogP) is 7.75. The molecule has 0 fully saturated rings. The van der Waals surface area contributed by atoms with Gasteiger partial charge in [0.05, 0.1) is 11.1 Å². The van der Waals surface area contributed by atoms with Gasteiger partial charge >= 0.3 is 11.9 Å². The summed E-state index contributed by atoms with van der Waals surface area (Å²) in [6.07, 6.45) is 8.61. The summed E-state index contributed by atoms with van der Waals surface area (Å²) in [5.74, 6) is -1.90. The average molecular weight is 525 g/mol. The maximum atomic E-state index is 11.9. The fourth-order valence-electron chi connectivity index (χ4n) is 5.93. The third-order valence-corrected chi connectivity index (χ3v) is 7.99. The third-order valence-electron chi connectivity index (χ3n) is 7.99. The Morgan fingerprint density at radius 3 is 1.29 bits per heavy atom. The van der Waals surface area contributed by atoms with Crippen LogP contribution in [0.3, 0.4) is 0 Å². The minimum atomic E-state index is -0.950. The Bertz CT molecular complexity index is 1050. The lowest BCUT2D eigenvalue weighted by Gasteiger charge is -2.28. The fraction of sp³-hybridized carbons (Fsp3) is 0.562. The van der Waals surface area contributed by atoms with E-state index in [0.717, 1.165) is 73.6 Å². The molecule has 0 atom stereocenters. The molecule has 2 rings (SSSR count). The Labute approximate surface area is 228 Å². The number of carboxylic acid groups (broad SMARTS) is 2. The number of rotatable bonds is 15. The van der Waals surface area contributed by atoms with Crippen LogP contribution in [0, 0.1) is 0 Å². The molecule has 0 aliphatic carbocycles. The fourth-order valence-corrected chi connectivity index (χ4v) is 5.93. The van der Waals surface area contributed by atoms with E-state index in [1.807, 2.05) is 12.1 Å². The highest BCUT2D eigenvalue weighted by Crippen LogP contribution is 2.37. The first-order valence-corrected chi connectivity index (χ1v) is 14.1. The molecule has 0 aliphatic heterocycles. The molecule has 0 saturated heterocycles. The third kappa shape index (κ3) is 7.30. The molecule has 0 aliphatic rings. The van der Waals surface area contributed by atoms with Gasteiger partial charge in [0.2, 0.25) is 0 Å². The number of benzene rings is 2. The molecule has 0 unspecified atom stereocenters. The smallest absolute Gasteiger partial charge is 0.336 e. The zero-order chi connectivity index (χ0) is 28.7. The lowest BCUT2D eigenvalue weighted by atomic mass is 9.77. The summed E-state index contributed by atoms with van der Waals surface area (Å²) in [5.41, 5.74) is 18.1. The molecule has 6 heteroatoms. The molecule has 210 valence electrons. The minimum absolute atomic E-state index is 0.118. The van der Waals surface area contributed by atoms with Crippen molar-refractivity contribution in [2.45, 2.75) is 117 Å². The molecule has 38 heavy (non-hydrogen) atoms. The number of carboxylic acids is 2. The number of hydrogen-bond donors (Lipinski definition) is 4. The van der Waals surface area contributed by atoms with Crippen molar-refractivity contribution in [1.29, 1.82) is 0 Å². The van der Waals surface area contributed by atoms with Crippen molar-refractivity contribution in [3.8, 4) is 0 Å². The van der Waals surface area contributed by atoms with E-state index in [2.05, 4.69) is 41.5 Å². The van der Waals surface area contributed by atoms with Crippen LogP contribution in [0.1, 0.15) is 136 Å². The zero-order valence-corrected chi connectivity index (χ0v) is 24.2. The van der Waals surface area contributed by atoms with Crippen molar-refractivity contribution in [1.82, 2.24) is 0 Å². The molecule has 0 amide bonds. The van der Waals surface area contributed by atoms with E-state index in [9.17, 15) is 19.8 Å². The minimum Gasteiger partial charge on any atom is -0.478 e. The van der Waals surface area contributed by atoms with Crippen molar-refractivity contribution in [2.24, 2.45) is 0 Å². The van der Waals surface area contributed by atoms with E-state index in [1.165, 1.54) is 0 Å². The molecule has 0 saturated carbocycles. The van der Waals surface area contributed by atoms with Crippen LogP contribution in [0.25, 0.3) is 0 Å². The lowest BCUT2D eigenvalue weighted by molar-refractivity contribution is 0.0684. The number of hydrogen-bond acceptors (Lipinski definition) is 4. The van der Waals surface area contributed by atoms with Gasteiger partial charge in [0.15, 0.2) is 0 Å². The van der Waals surface area contributed by atoms with E-state index in [4.69, 9.17) is 11.5 Å². The standard InChI is InChI=1S/C32H48N2O4/c1-7-19-31(3,4)25-17-15-23(29(35)36)21(27(25)33)13-11-9-10-12-14-22-24(30(37)38)16-18-26(28(22)34)32(5,6)20-8-2/h15-18H,7-14,19-20,33-34H2,1-6H3,(H,35,36)(H,37,38). The van der Waals surface area contributed by atoms with Gasteiger partial charge in [-0.25, -0.2) is 9.59 Å². The van der Waals surface area contributed by atoms with Crippen molar-refractivity contribution in [3.63, 3.8) is 0 Å². The molecule has 0 spiro atoms. The average Bonchev–Trinajstić information content (AvgIpc) is 2.81. The molecule has 6 N–H and O–H groups in total. The van der Waals surface area contributed by atoms with Gasteiger partial charge in [0.25, 0.3) is 0 Å². The Kier molecular flexibility index (Phi) is 10.8. The van der Waals surface area contributed by atoms with Crippen LogP contribution in [-0.4, -0.2) is 22.2 Å². The molecule has 0 aromatic heterocycles. The van der Waals surface area contributed by atoms with E-state index < -0.39 is 11.9 Å². The lowest BCUT2D eigenvalue weighted by Crippen LogP contribution is -2.21. The second kappa shape index (κ2) is 13.2. The molecule has 0 heterocycles. The number of anilines is 2. The largest absolute Gasteiger partial charge is 0.478 e. The number of aromatic carboxylic acids is 2. The first-order valence-electron chi connectivity index (χ1n) is 14.1. The van der Waals surface area contributed by atoms with Gasteiger partial charge in [-0.3, -0.25) is 0 Å². The second-order valence-corrected chi connectivity index (χ2v) is 11.9. The number of carbonyl (C=O) groups is 2. The maximum absolute atomic E-state index is 11.9. The topological polar surface area (TPSA) is 127 Å². The van der Waals surface area contributed by atoms with E-state index >= 15 is 0 Å². The van der Waals surface area contributed by atoms with Crippen molar-refractivity contribution in [3.05, 3.63) is 57.6 Å². The molecule has 6 nitrogen and oxygen atoms in total. The van der Waals surface area contributed by atoms with Gasteiger partial charge in [0, 0.05) is 11.4 Å². The Morgan fingerprint density at radius 1 is 0.658 bits per heavy atom. The van der Waals surface area contributed by atoms with Crippen LogP contribution in [0.4, 0.5) is 11.4 Å². The summed E-state index contributed by atoms with van der Waals surface area (Å²) < 4.78 is 0. The Hall–Kier alpha value is -3.02. The van der Waals surface area contributed by atoms with Crippen LogP contribution < -0.4 is 11.5 Å². The van der Waals surface area contributed by atoms with Gasteiger partial charge in [-0.05, 0) is 83.7 Å². The molecular formula is C32H48N2O4. The number of nitrogens with two attached hydrogens (primary N) is 2. The van der Waals surface area contributed by atoms with E-state index in [0.29, 0.717) is 24.2 Å². The molecule has 0 bridgehead atoms. The van der Waals surface area contributed by atoms with Gasteiger partial charge in [-0.2, -0.15) is 0 Å². The van der Waals surface area contributed by atoms with Crippen LogP contribution in [0.5, 0.6) is 0 Å². The zero-order valence-electron chi connectivity index (χ0n) is 24.2. The van der Waals surface area contributed by atoms with Crippen LogP contribution in [-0.2, 0) is 23.7 Å². The molecule has 2 aromatic rings. The van der Waals surface area contributed by atoms with Gasteiger partial charge in [-0.1, -0.05) is 79.4 Å². The second-order valence-electron chi connectivity index (χ2n) is 11.9. The Morgan fingerprint density at radius 2 is 1.00 bits per heavy atom. The predicted molar refractivity (Wildman–Crippen MR) is 157 cm³/mol. The first-order chi connectivity index (χ1) is 17.8. The summed E-state index contributed by atoms with van der Waals surface area (Å²) in [5, 5.41) is 19.5. The molecule has 0 radical (unpaired) electrons. The maximum Gasteiger partial charge on any atom is 0.336 e. The van der Waals surface area contributed by atoms with Crippen LogP contribution in [0.15, 0.2) is 24.3 Å². The number of nitrogen functional groups attached to an aromatic ring is 2. The highest BCUT2D eigenvalue weighted by atomic mass is 16.4. The van der Waals surface area contributed by atoms with Gasteiger partial charge in [-0.15, -0.1) is 0 Å². The molecular weight excluding hydrogens is 476 g/mol. The normalized spacial score (nSPS) is 12.1. The summed E-state index contributed by atoms with van der Waals surface area (Å²) in [6.45, 7) is 12.9. The first kappa shape index (κ1) is 31.2. The monoisotopic (exact) mass is 524 g/mol. The summed E-state index contributed by atoms with van der Waals surface area (Å²) >= 11 is 0. The van der Waals surface area contributed by atoms with Gasteiger partial charge in [0.1, 0.15) is 0 Å². The van der Waals surface area contributed by atoms with E-state index in [1.54, 1.807) is 12.1 Å². The van der Waals surface area contributed by atoms with Gasteiger partial charge < -0.3 is 21.7 Å². The SMILES string of the molecule is CCCC(C)(C)c1ccc(C(=O)O)c(CCCCCCc2c(C(=O)O)ccc(C(C)(C)CCC)c2N)c1N. The van der Waals surface area contributed by atoms with Crippen molar-refractivity contribution in [2.75, 3.05) is 11.5 Å². The molecule has 2 aromatic carbocycles. The summed E-state index contributed by atoms with van der Waals surface area (Å²) in [7, 11) is 0. The summed E-state index contributed by atoms with van der Waals surface area (Å²) in [6, 6.07) is 7.14. The summed E-state index contributed by atoms with van der Waals surface area (Å²) in [4.78, 5) is 23.8. The van der Waals surface area contributed by atoms with Crippen LogP contribution >= 0.6 is 0 Å². The van der Waals surface area contributed by atoms with Crippen molar-refractivity contribution < 1.29 is 19.8 Å². The van der Waals surface area contributed by atoms with Crippen LogP contribution in [0.2, 0.25) is 0 Å². The number of unbranched alkanes of at least 4 members (excludes halogenated alkanes) is 3. The quantitative estimate of drug-likeness (QED) is 0.139. The highest BCUT2D eigenvalue weighted by molar-refractivity contribution is 5.92. The highest BCUT2D eigenvalue weighted by Gasteiger charge is 2.27. The van der Waals surface area contributed by atoms with E-state index in [-0.39, 0.29) is 22.0 Å². The Balaban J connectivity index is 2.12. The van der Waals surface area contributed by atoms with Crippen molar-refractivity contribution >= 4 is 23.3 Å².